The van der Waals surface area contributed by atoms with Gasteiger partial charge >= 0.3 is 0 Å². The largest absolute Gasteiger partial charge is 0.420 e. The van der Waals surface area contributed by atoms with Crippen LogP contribution >= 0.6 is 0 Å². The molecular weight excluding hydrogens is 280 g/mol. The lowest BCUT2D eigenvalue weighted by Gasteiger charge is -2.46. The van der Waals surface area contributed by atoms with Crippen molar-refractivity contribution >= 4 is 16.6 Å². The average molecular weight is 319 g/mol. The summed E-state index contributed by atoms with van der Waals surface area (Å²) >= 11 is 0. The van der Waals surface area contributed by atoms with Crippen molar-refractivity contribution in [2.24, 2.45) is 0 Å². The van der Waals surface area contributed by atoms with Crippen LogP contribution in [0.2, 0.25) is 29.3 Å². The fourth-order valence-corrected chi connectivity index (χ4v) is 17.1. The molecule has 0 aliphatic carbocycles. The lowest BCUT2D eigenvalue weighted by molar-refractivity contribution is 0.351. The van der Waals surface area contributed by atoms with E-state index in [4.69, 9.17) is 8.85 Å². The van der Waals surface area contributed by atoms with Gasteiger partial charge in [-0.2, -0.15) is 0 Å². The summed E-state index contributed by atoms with van der Waals surface area (Å²) in [5.74, 6) is 0. The molecule has 0 N–H and O–H groups in total. The number of unbranched alkanes of at least 4 members (excludes halogenated alkanes) is 2. The molecule has 20 heavy (non-hydrogen) atoms. The lowest BCUT2D eigenvalue weighted by atomic mass is 10.2. The zero-order valence-corrected chi connectivity index (χ0v) is 17.1. The molecule has 122 valence electrons. The van der Waals surface area contributed by atoms with Crippen LogP contribution in [0.3, 0.4) is 0 Å². The van der Waals surface area contributed by atoms with E-state index >= 15 is 0 Å². The summed E-state index contributed by atoms with van der Waals surface area (Å²) < 4.78 is 12.5. The monoisotopic (exact) mass is 318 g/mol. The van der Waals surface area contributed by atoms with Crippen molar-refractivity contribution in [1.29, 1.82) is 0 Å². The maximum absolute atomic E-state index is 6.23. The molecule has 2 nitrogen and oxygen atoms in total. The standard InChI is InChI=1S/C16H38O2Si2/c1-8-13-14-15-16(19(9-2,10-3)17-6)20(11-4,12-5)18-7/h16H,8-15H2,1-7H3. The molecule has 0 amide bonds. The van der Waals surface area contributed by atoms with Crippen LogP contribution in [0.4, 0.5) is 0 Å². The molecule has 0 aromatic heterocycles. The number of hydrogen-bond acceptors (Lipinski definition) is 2. The van der Waals surface area contributed by atoms with Gasteiger partial charge in [0.1, 0.15) is 0 Å². The SMILES string of the molecule is CCCCCC([Si](CC)(CC)OC)[Si](CC)(CC)OC. The molecule has 0 aromatic rings. The maximum atomic E-state index is 6.23. The van der Waals surface area contributed by atoms with Crippen molar-refractivity contribution < 1.29 is 8.85 Å². The van der Waals surface area contributed by atoms with Gasteiger partial charge in [0.25, 0.3) is 0 Å². The second-order valence-corrected chi connectivity index (χ2v) is 15.9. The Bertz CT molecular complexity index is 202. The van der Waals surface area contributed by atoms with Crippen LogP contribution in [-0.4, -0.2) is 30.9 Å². The molecule has 0 bridgehead atoms. The molecule has 0 heterocycles. The highest BCUT2D eigenvalue weighted by Gasteiger charge is 2.51. The van der Waals surface area contributed by atoms with Gasteiger partial charge in [-0.15, -0.1) is 0 Å². The van der Waals surface area contributed by atoms with Gasteiger partial charge in [0.2, 0.25) is 0 Å². The van der Waals surface area contributed by atoms with E-state index in [0.29, 0.717) is 0 Å². The molecule has 0 aliphatic rings. The second kappa shape index (κ2) is 10.1. The van der Waals surface area contributed by atoms with Crippen LogP contribution < -0.4 is 0 Å². The van der Waals surface area contributed by atoms with E-state index in [9.17, 15) is 0 Å². The molecule has 0 aromatic carbocycles. The van der Waals surface area contributed by atoms with Gasteiger partial charge in [-0.05, 0) is 29.3 Å². The van der Waals surface area contributed by atoms with Crippen LogP contribution in [0.1, 0.15) is 60.3 Å². The molecule has 0 fully saturated rings. The van der Waals surface area contributed by atoms with E-state index < -0.39 is 16.6 Å². The zero-order chi connectivity index (χ0) is 15.6. The molecule has 4 heteroatoms. The number of rotatable bonds is 12. The Morgan fingerprint density at radius 3 is 1.35 bits per heavy atom. The molecule has 0 aliphatic heterocycles. The van der Waals surface area contributed by atoms with Gasteiger partial charge in [-0.25, -0.2) is 0 Å². The van der Waals surface area contributed by atoms with Crippen LogP contribution in [0.15, 0.2) is 0 Å². The van der Waals surface area contributed by atoms with Crippen molar-refractivity contribution in [3.05, 3.63) is 0 Å². The normalized spacial score (nSPS) is 13.2. The predicted octanol–water partition coefficient (Wildman–Crippen LogP) is 5.74. The van der Waals surface area contributed by atoms with Crippen LogP contribution in [-0.2, 0) is 8.85 Å². The first-order valence-corrected chi connectivity index (χ1v) is 13.5. The van der Waals surface area contributed by atoms with E-state index in [-0.39, 0.29) is 0 Å². The predicted molar refractivity (Wildman–Crippen MR) is 95.3 cm³/mol. The molecular formula is C16H38O2Si2. The molecule has 0 atom stereocenters. The lowest BCUT2D eigenvalue weighted by Crippen LogP contribution is -2.56. The van der Waals surface area contributed by atoms with Crippen LogP contribution in [0.5, 0.6) is 0 Å². The highest BCUT2D eigenvalue weighted by molar-refractivity contribution is 6.94. The Labute approximate surface area is 129 Å². The molecule has 0 saturated heterocycles. The molecule has 0 radical (unpaired) electrons. The van der Waals surface area contributed by atoms with Crippen molar-refractivity contribution in [2.45, 2.75) is 89.6 Å². The van der Waals surface area contributed by atoms with Gasteiger partial charge in [0.15, 0.2) is 16.6 Å². The summed E-state index contributed by atoms with van der Waals surface area (Å²) in [5.41, 5.74) is 0. The minimum absolute atomic E-state index is 0.751. The van der Waals surface area contributed by atoms with E-state index in [2.05, 4.69) is 34.6 Å². The third-order valence-electron chi connectivity index (χ3n) is 5.57. The quantitative estimate of drug-likeness (QED) is 0.337. The maximum Gasteiger partial charge on any atom is 0.194 e. The van der Waals surface area contributed by atoms with Crippen molar-refractivity contribution in [3.63, 3.8) is 0 Å². The second-order valence-electron chi connectivity index (χ2n) is 6.00. The zero-order valence-electron chi connectivity index (χ0n) is 15.1. The Morgan fingerprint density at radius 2 is 1.10 bits per heavy atom. The summed E-state index contributed by atoms with van der Waals surface area (Å²) in [6, 6.07) is 4.92. The minimum Gasteiger partial charge on any atom is -0.420 e. The topological polar surface area (TPSA) is 18.5 Å². The van der Waals surface area contributed by atoms with Gasteiger partial charge in [-0.1, -0.05) is 60.3 Å². The van der Waals surface area contributed by atoms with Crippen molar-refractivity contribution in [2.75, 3.05) is 14.2 Å². The van der Waals surface area contributed by atoms with Gasteiger partial charge < -0.3 is 8.85 Å². The Kier molecular flexibility index (Phi) is 10.3. The van der Waals surface area contributed by atoms with E-state index in [1.165, 1.54) is 49.9 Å². The smallest absolute Gasteiger partial charge is 0.194 e. The molecule has 0 unspecified atom stereocenters. The summed E-state index contributed by atoms with van der Waals surface area (Å²) in [5, 5.41) is 0.751. The molecule has 0 saturated carbocycles. The summed E-state index contributed by atoms with van der Waals surface area (Å²) in [6.45, 7) is 11.6. The van der Waals surface area contributed by atoms with E-state index in [1.54, 1.807) is 0 Å². The first-order chi connectivity index (χ1) is 9.56. The van der Waals surface area contributed by atoms with E-state index in [1.807, 2.05) is 14.2 Å². The third-order valence-corrected chi connectivity index (χ3v) is 18.3. The van der Waals surface area contributed by atoms with E-state index in [0.717, 1.165) is 5.16 Å². The first-order valence-electron chi connectivity index (χ1n) is 8.66. The van der Waals surface area contributed by atoms with Gasteiger partial charge in [0, 0.05) is 14.2 Å². The highest BCUT2D eigenvalue weighted by atomic mass is 28.4. The fourth-order valence-electron chi connectivity index (χ4n) is 3.95. The Morgan fingerprint density at radius 1 is 0.700 bits per heavy atom. The van der Waals surface area contributed by atoms with Gasteiger partial charge in [-0.3, -0.25) is 0 Å². The minimum atomic E-state index is -1.66. The average Bonchev–Trinajstić information content (AvgIpc) is 2.51. The number of hydrogen-bond donors (Lipinski definition) is 0. The van der Waals surface area contributed by atoms with Crippen molar-refractivity contribution in [3.8, 4) is 0 Å². The Hall–Kier alpha value is 0.354. The van der Waals surface area contributed by atoms with Gasteiger partial charge in [0.05, 0.1) is 0 Å². The van der Waals surface area contributed by atoms with Crippen LogP contribution in [0.25, 0.3) is 0 Å². The summed E-state index contributed by atoms with van der Waals surface area (Å²) in [4.78, 5) is 0. The van der Waals surface area contributed by atoms with Crippen molar-refractivity contribution in [1.82, 2.24) is 0 Å². The molecule has 0 rings (SSSR count). The highest BCUT2D eigenvalue weighted by Crippen LogP contribution is 2.45. The summed E-state index contributed by atoms with van der Waals surface area (Å²) in [6.07, 6.45) is 5.32. The van der Waals surface area contributed by atoms with Crippen LogP contribution in [0, 0.1) is 0 Å². The third kappa shape index (κ3) is 4.42. The fraction of sp³-hybridized carbons (Fsp3) is 1.00. The summed E-state index contributed by atoms with van der Waals surface area (Å²) in [7, 11) is 0.612. The molecule has 0 spiro atoms. The first kappa shape index (κ1) is 20.4. The Balaban J connectivity index is 5.43.